The van der Waals surface area contributed by atoms with E-state index in [-0.39, 0.29) is 0 Å². The van der Waals surface area contributed by atoms with Crippen LogP contribution in [0.25, 0.3) is 11.3 Å². The summed E-state index contributed by atoms with van der Waals surface area (Å²) in [5.41, 5.74) is 14.0. The van der Waals surface area contributed by atoms with Crippen LogP contribution >= 0.6 is 0 Å². The predicted molar refractivity (Wildman–Crippen MR) is 125 cm³/mol. The summed E-state index contributed by atoms with van der Waals surface area (Å²) in [6.45, 7) is 6.30. The normalized spacial score (nSPS) is 12.1. The molecular weight excluding hydrogens is 370 g/mol. The van der Waals surface area contributed by atoms with Crippen LogP contribution in [0.4, 0.5) is 5.82 Å². The van der Waals surface area contributed by atoms with E-state index in [1.807, 2.05) is 6.07 Å². The van der Waals surface area contributed by atoms with Gasteiger partial charge in [-0.3, -0.25) is 0 Å². The van der Waals surface area contributed by atoms with Gasteiger partial charge in [0.1, 0.15) is 11.6 Å². The van der Waals surface area contributed by atoms with E-state index in [0.29, 0.717) is 5.82 Å². The molecule has 0 atom stereocenters. The summed E-state index contributed by atoms with van der Waals surface area (Å²) in [6, 6.07) is 14.9. The van der Waals surface area contributed by atoms with Gasteiger partial charge >= 0.3 is 0 Å². The van der Waals surface area contributed by atoms with Gasteiger partial charge < -0.3 is 10.5 Å². The lowest BCUT2D eigenvalue weighted by atomic mass is 10.0. The number of fused-ring (bicyclic) bond motifs is 1. The molecule has 3 aromatic rings. The van der Waals surface area contributed by atoms with E-state index in [2.05, 4.69) is 62.2 Å². The number of hydrogen-bond acceptors (Lipinski definition) is 4. The Bertz CT molecular complexity index is 974. The van der Waals surface area contributed by atoms with Crippen molar-refractivity contribution in [1.29, 1.82) is 0 Å². The van der Waals surface area contributed by atoms with Gasteiger partial charge in [-0.2, -0.15) is 0 Å². The van der Waals surface area contributed by atoms with Gasteiger partial charge in [0.2, 0.25) is 0 Å². The van der Waals surface area contributed by atoms with Gasteiger partial charge in [-0.25, -0.2) is 9.97 Å². The number of nitrogen functional groups attached to an aromatic ring is 1. The van der Waals surface area contributed by atoms with Crippen molar-refractivity contribution in [2.24, 2.45) is 0 Å². The van der Waals surface area contributed by atoms with Crippen molar-refractivity contribution in [2.75, 3.05) is 12.8 Å². The van der Waals surface area contributed by atoms with Gasteiger partial charge in [-0.1, -0.05) is 51.1 Å². The van der Waals surface area contributed by atoms with Crippen LogP contribution < -0.4 is 10.5 Å². The van der Waals surface area contributed by atoms with Gasteiger partial charge in [0, 0.05) is 5.56 Å². The SMILES string of the molecule is CCc1ccccc1.CCc1nc(-c2cc3c(cc2OC)CCC3)c(CC)nc1N. The number of aryl methyl sites for hydroxylation is 5. The first-order valence-electron chi connectivity index (χ1n) is 11.0. The maximum absolute atomic E-state index is 6.01. The minimum atomic E-state index is 0.545. The van der Waals surface area contributed by atoms with E-state index in [1.54, 1.807) is 7.11 Å². The molecule has 0 amide bonds. The van der Waals surface area contributed by atoms with Crippen molar-refractivity contribution in [1.82, 2.24) is 9.97 Å². The second-order valence-corrected chi connectivity index (χ2v) is 7.57. The molecule has 1 aliphatic carbocycles. The fraction of sp³-hybridized carbons (Fsp3) is 0.385. The summed E-state index contributed by atoms with van der Waals surface area (Å²) in [6.07, 6.45) is 6.22. The molecule has 4 heteroatoms. The third-order valence-electron chi connectivity index (χ3n) is 5.66. The average Bonchev–Trinajstić information content (AvgIpc) is 3.26. The Labute approximate surface area is 180 Å². The van der Waals surface area contributed by atoms with E-state index in [1.165, 1.54) is 23.1 Å². The molecule has 0 bridgehead atoms. The molecule has 0 saturated heterocycles. The van der Waals surface area contributed by atoms with E-state index < -0.39 is 0 Å². The van der Waals surface area contributed by atoms with Crippen molar-refractivity contribution >= 4 is 5.82 Å². The topological polar surface area (TPSA) is 61.0 Å². The molecule has 1 aromatic heterocycles. The summed E-state index contributed by atoms with van der Waals surface area (Å²) < 4.78 is 5.63. The standard InChI is InChI=1S/C18H23N3O.C8H10/c1-4-14-17(20-15(5-2)18(19)21-14)13-9-11-7-6-8-12(11)10-16(13)22-3;1-2-8-6-4-3-5-7-8/h9-10H,4-8H2,1-3H3,(H2,19,21);3-7H,2H2,1H3. The maximum Gasteiger partial charge on any atom is 0.145 e. The number of hydrogen-bond donors (Lipinski definition) is 1. The van der Waals surface area contributed by atoms with E-state index in [9.17, 15) is 0 Å². The number of ether oxygens (including phenoxy) is 1. The van der Waals surface area contributed by atoms with Crippen LogP contribution in [-0.2, 0) is 32.1 Å². The maximum atomic E-state index is 6.01. The summed E-state index contributed by atoms with van der Waals surface area (Å²) in [4.78, 5) is 9.37. The molecule has 1 aliphatic rings. The summed E-state index contributed by atoms with van der Waals surface area (Å²) in [5, 5.41) is 0. The highest BCUT2D eigenvalue weighted by Gasteiger charge is 2.20. The van der Waals surface area contributed by atoms with Crippen molar-refractivity contribution in [3.8, 4) is 17.0 Å². The number of nitrogens with zero attached hydrogens (tertiary/aromatic N) is 2. The number of methoxy groups -OCH3 is 1. The quantitative estimate of drug-likeness (QED) is 0.602. The van der Waals surface area contributed by atoms with Crippen molar-refractivity contribution in [3.63, 3.8) is 0 Å². The first-order valence-corrected chi connectivity index (χ1v) is 11.0. The molecule has 0 unspecified atom stereocenters. The molecule has 2 aromatic carbocycles. The Morgan fingerprint density at radius 1 is 0.867 bits per heavy atom. The van der Waals surface area contributed by atoms with Gasteiger partial charge in [0.15, 0.2) is 0 Å². The highest BCUT2D eigenvalue weighted by molar-refractivity contribution is 5.72. The van der Waals surface area contributed by atoms with Crippen LogP contribution in [0.1, 0.15) is 55.3 Å². The zero-order chi connectivity index (χ0) is 21.5. The van der Waals surface area contributed by atoms with Crippen LogP contribution in [0.5, 0.6) is 5.75 Å². The largest absolute Gasteiger partial charge is 0.496 e. The molecule has 0 fully saturated rings. The predicted octanol–water partition coefficient (Wildman–Crippen LogP) is 5.60. The fourth-order valence-corrected chi connectivity index (χ4v) is 3.91. The number of anilines is 1. The van der Waals surface area contributed by atoms with Crippen molar-refractivity contribution < 1.29 is 4.74 Å². The third-order valence-corrected chi connectivity index (χ3v) is 5.66. The lowest BCUT2D eigenvalue weighted by Gasteiger charge is -2.15. The Hall–Kier alpha value is -2.88. The first-order chi connectivity index (χ1) is 14.6. The van der Waals surface area contributed by atoms with E-state index >= 15 is 0 Å². The lowest BCUT2D eigenvalue weighted by molar-refractivity contribution is 0.415. The van der Waals surface area contributed by atoms with Crippen LogP contribution in [-0.4, -0.2) is 17.1 Å². The van der Waals surface area contributed by atoms with E-state index in [0.717, 1.165) is 60.5 Å². The Morgan fingerprint density at radius 3 is 2.10 bits per heavy atom. The lowest BCUT2D eigenvalue weighted by Crippen LogP contribution is -2.07. The summed E-state index contributed by atoms with van der Waals surface area (Å²) in [5.74, 6) is 1.43. The van der Waals surface area contributed by atoms with Crippen LogP contribution in [0, 0.1) is 0 Å². The molecule has 0 radical (unpaired) electrons. The zero-order valence-corrected chi connectivity index (χ0v) is 18.7. The molecule has 1 heterocycles. The second-order valence-electron chi connectivity index (χ2n) is 7.57. The Balaban J connectivity index is 0.000000269. The zero-order valence-electron chi connectivity index (χ0n) is 18.7. The highest BCUT2D eigenvalue weighted by Crippen LogP contribution is 2.37. The summed E-state index contributed by atoms with van der Waals surface area (Å²) >= 11 is 0. The monoisotopic (exact) mass is 403 g/mol. The molecule has 4 nitrogen and oxygen atoms in total. The number of nitrogens with two attached hydrogens (primary N) is 1. The molecule has 4 rings (SSSR count). The number of rotatable bonds is 5. The van der Waals surface area contributed by atoms with E-state index in [4.69, 9.17) is 15.5 Å². The molecule has 158 valence electrons. The van der Waals surface area contributed by atoms with Gasteiger partial charge in [0.25, 0.3) is 0 Å². The highest BCUT2D eigenvalue weighted by atomic mass is 16.5. The van der Waals surface area contributed by atoms with Crippen molar-refractivity contribution in [3.05, 3.63) is 70.5 Å². The molecule has 0 aliphatic heterocycles. The minimum Gasteiger partial charge on any atom is -0.496 e. The molecule has 30 heavy (non-hydrogen) atoms. The average molecular weight is 404 g/mol. The number of benzene rings is 2. The third kappa shape index (κ3) is 4.81. The number of aromatic nitrogens is 2. The smallest absolute Gasteiger partial charge is 0.145 e. The van der Waals surface area contributed by atoms with Gasteiger partial charge in [-0.05, 0) is 67.3 Å². The van der Waals surface area contributed by atoms with Crippen LogP contribution in [0.3, 0.4) is 0 Å². The molecular formula is C26H33N3O. The summed E-state index contributed by atoms with van der Waals surface area (Å²) in [7, 11) is 1.72. The van der Waals surface area contributed by atoms with Gasteiger partial charge in [-0.15, -0.1) is 0 Å². The van der Waals surface area contributed by atoms with Crippen LogP contribution in [0.15, 0.2) is 42.5 Å². The Morgan fingerprint density at radius 2 is 1.53 bits per heavy atom. The van der Waals surface area contributed by atoms with Crippen LogP contribution in [0.2, 0.25) is 0 Å². The Kier molecular flexibility index (Phi) is 7.45. The first kappa shape index (κ1) is 21.8. The fourth-order valence-electron chi connectivity index (χ4n) is 3.91. The van der Waals surface area contributed by atoms with Crippen molar-refractivity contribution in [2.45, 2.75) is 59.3 Å². The molecule has 2 N–H and O–H groups in total. The minimum absolute atomic E-state index is 0.545. The van der Waals surface area contributed by atoms with Gasteiger partial charge in [0.05, 0.1) is 24.2 Å². The molecule has 0 spiro atoms. The second kappa shape index (κ2) is 10.2. The molecule has 0 saturated carbocycles.